The van der Waals surface area contributed by atoms with Crippen LogP contribution in [0.4, 0.5) is 0 Å². The predicted octanol–water partition coefficient (Wildman–Crippen LogP) is 4.04. The van der Waals surface area contributed by atoms with Crippen molar-refractivity contribution in [2.75, 3.05) is 6.54 Å². The van der Waals surface area contributed by atoms with Gasteiger partial charge in [-0.3, -0.25) is 9.59 Å². The third-order valence-electron chi connectivity index (χ3n) is 6.19. The quantitative estimate of drug-likeness (QED) is 0.654. The Hall–Kier alpha value is -1.40. The Morgan fingerprint density at radius 1 is 1.30 bits per heavy atom. The molecule has 4 rings (SSSR count). The molecule has 4 atom stereocenters. The summed E-state index contributed by atoms with van der Waals surface area (Å²) in [6, 6.07) is 7.76. The molecular weight excluding hydrogens is 410 g/mol. The maximum Gasteiger partial charge on any atom is 0.314 e. The summed E-state index contributed by atoms with van der Waals surface area (Å²) in [5.41, 5.74) is 0.170. The third kappa shape index (κ3) is 3.21. The number of carbonyl (C=O) groups is 2. The summed E-state index contributed by atoms with van der Waals surface area (Å²) in [4.78, 5) is 27.9. The zero-order valence-corrected chi connectivity index (χ0v) is 17.2. The fraction of sp³-hybridized carbons (Fsp3) is 0.619. The molecule has 0 N–H and O–H groups in total. The first kappa shape index (κ1) is 18.9. The number of nitrogens with zero attached hydrogens (tertiary/aromatic N) is 1. The Labute approximate surface area is 168 Å². The average molecular weight is 436 g/mol. The lowest BCUT2D eigenvalue weighted by Crippen LogP contribution is -2.58. The summed E-state index contributed by atoms with van der Waals surface area (Å²) >= 11 is 3.42. The first-order valence-corrected chi connectivity index (χ1v) is 10.8. The molecule has 3 aliphatic heterocycles. The van der Waals surface area contributed by atoms with Gasteiger partial charge in [-0.15, -0.1) is 0 Å². The highest BCUT2D eigenvalue weighted by Crippen LogP contribution is 2.54. The van der Waals surface area contributed by atoms with Crippen LogP contribution in [0.5, 0.6) is 0 Å². The minimum atomic E-state index is -0.783. The van der Waals surface area contributed by atoms with E-state index in [4.69, 9.17) is 9.47 Å². The molecule has 0 aliphatic carbocycles. The first-order valence-electron chi connectivity index (χ1n) is 9.97. The van der Waals surface area contributed by atoms with Crippen molar-refractivity contribution in [1.82, 2.24) is 4.90 Å². The van der Waals surface area contributed by atoms with Crippen LogP contribution in [0, 0.1) is 11.8 Å². The van der Waals surface area contributed by atoms with Crippen LogP contribution in [0.3, 0.4) is 0 Å². The maximum atomic E-state index is 13.2. The summed E-state index contributed by atoms with van der Waals surface area (Å²) in [7, 11) is 0. The van der Waals surface area contributed by atoms with E-state index in [-0.39, 0.29) is 30.3 Å². The Morgan fingerprint density at radius 2 is 2.07 bits per heavy atom. The van der Waals surface area contributed by atoms with Gasteiger partial charge in [-0.05, 0) is 43.4 Å². The molecule has 3 fully saturated rings. The van der Waals surface area contributed by atoms with Crippen molar-refractivity contribution in [2.24, 2.45) is 11.8 Å². The van der Waals surface area contributed by atoms with E-state index < -0.39 is 11.8 Å². The number of carbonyl (C=O) groups excluding carboxylic acids is 2. The molecule has 1 aromatic carbocycles. The van der Waals surface area contributed by atoms with Crippen molar-refractivity contribution in [3.05, 3.63) is 34.3 Å². The van der Waals surface area contributed by atoms with Gasteiger partial charge in [0, 0.05) is 16.9 Å². The van der Waals surface area contributed by atoms with Crippen LogP contribution in [0.2, 0.25) is 0 Å². The highest BCUT2D eigenvalue weighted by atomic mass is 79.9. The minimum absolute atomic E-state index is 0.0748. The van der Waals surface area contributed by atoms with E-state index in [0.29, 0.717) is 6.54 Å². The lowest BCUT2D eigenvalue weighted by molar-refractivity contribution is -0.171. The molecule has 0 saturated carbocycles. The number of ether oxygens (including phenoxy) is 2. The van der Waals surface area contributed by atoms with Gasteiger partial charge in [0.2, 0.25) is 0 Å². The van der Waals surface area contributed by atoms with Crippen molar-refractivity contribution in [2.45, 2.75) is 63.9 Å². The van der Waals surface area contributed by atoms with Crippen LogP contribution in [-0.2, 0) is 25.7 Å². The van der Waals surface area contributed by atoms with Crippen LogP contribution in [0.25, 0.3) is 0 Å². The summed E-state index contributed by atoms with van der Waals surface area (Å²) in [5.74, 6) is -0.603. The number of piperidine rings is 1. The van der Waals surface area contributed by atoms with Crippen molar-refractivity contribution < 1.29 is 19.1 Å². The van der Waals surface area contributed by atoms with Crippen LogP contribution in [0.1, 0.15) is 51.0 Å². The smallest absolute Gasteiger partial charge is 0.314 e. The molecular formula is C21H26BrNO4. The molecule has 3 aliphatic rings. The summed E-state index contributed by atoms with van der Waals surface area (Å²) in [5, 5.41) is 0. The fourth-order valence-electron chi connectivity index (χ4n) is 5.00. The van der Waals surface area contributed by atoms with E-state index in [1.807, 2.05) is 29.2 Å². The number of benzene rings is 1. The zero-order chi connectivity index (χ0) is 19.0. The van der Waals surface area contributed by atoms with Crippen LogP contribution in [0.15, 0.2) is 28.7 Å². The van der Waals surface area contributed by atoms with Crippen molar-refractivity contribution >= 4 is 27.8 Å². The van der Waals surface area contributed by atoms with Gasteiger partial charge in [0.15, 0.2) is 5.72 Å². The normalized spacial score (nSPS) is 32.3. The number of amides is 1. The second-order valence-corrected chi connectivity index (χ2v) is 8.76. The molecule has 2 bridgehead atoms. The van der Waals surface area contributed by atoms with E-state index in [2.05, 4.69) is 22.9 Å². The lowest BCUT2D eigenvalue weighted by atomic mass is 9.75. The van der Waals surface area contributed by atoms with Crippen molar-refractivity contribution in [3.8, 4) is 0 Å². The summed E-state index contributed by atoms with van der Waals surface area (Å²) in [6.07, 6.45) is 5.00. The molecule has 3 heterocycles. The molecule has 1 amide bonds. The van der Waals surface area contributed by atoms with Gasteiger partial charge in [0.05, 0.1) is 0 Å². The highest BCUT2D eigenvalue weighted by molar-refractivity contribution is 9.10. The third-order valence-corrected chi connectivity index (χ3v) is 6.72. The van der Waals surface area contributed by atoms with Crippen molar-refractivity contribution in [1.29, 1.82) is 0 Å². The Kier molecular flexibility index (Phi) is 5.30. The second kappa shape index (κ2) is 7.55. The molecule has 0 radical (unpaired) electrons. The van der Waals surface area contributed by atoms with Gasteiger partial charge >= 0.3 is 5.97 Å². The number of hydrogen-bond donors (Lipinski definition) is 0. The van der Waals surface area contributed by atoms with E-state index in [0.717, 1.165) is 48.6 Å². The molecule has 0 unspecified atom stereocenters. The number of hydrogen-bond acceptors (Lipinski definition) is 4. The van der Waals surface area contributed by atoms with Crippen LogP contribution < -0.4 is 0 Å². The largest absolute Gasteiger partial charge is 0.460 e. The fourth-order valence-corrected chi connectivity index (χ4v) is 5.27. The van der Waals surface area contributed by atoms with Crippen molar-refractivity contribution in [3.63, 3.8) is 0 Å². The Morgan fingerprint density at radius 3 is 2.81 bits per heavy atom. The molecule has 146 valence electrons. The van der Waals surface area contributed by atoms with Gasteiger partial charge in [-0.1, -0.05) is 47.8 Å². The summed E-state index contributed by atoms with van der Waals surface area (Å²) < 4.78 is 13.0. The number of halogens is 1. The van der Waals surface area contributed by atoms with E-state index in [1.54, 1.807) is 0 Å². The first-order chi connectivity index (χ1) is 13.1. The molecule has 6 heteroatoms. The SMILES string of the molecule is CCC[C@@H]1[C@H]2O[C@@]3(CCCCCN3C2=O)[C@H]1C(=O)OCc1ccc(Br)cc1. The van der Waals surface area contributed by atoms with Gasteiger partial charge in [0.1, 0.15) is 18.6 Å². The zero-order valence-electron chi connectivity index (χ0n) is 15.7. The molecule has 0 aromatic heterocycles. The summed E-state index contributed by atoms with van der Waals surface area (Å²) in [6.45, 7) is 3.02. The van der Waals surface area contributed by atoms with Gasteiger partial charge < -0.3 is 14.4 Å². The number of esters is 1. The number of fused-ring (bicyclic) bond motifs is 1. The van der Waals surface area contributed by atoms with E-state index in [1.165, 1.54) is 0 Å². The molecule has 3 saturated heterocycles. The maximum absolute atomic E-state index is 13.2. The molecule has 1 spiro atoms. The van der Waals surface area contributed by atoms with Crippen LogP contribution >= 0.6 is 15.9 Å². The topological polar surface area (TPSA) is 55.8 Å². The predicted molar refractivity (Wildman–Crippen MR) is 104 cm³/mol. The van der Waals surface area contributed by atoms with Gasteiger partial charge in [-0.25, -0.2) is 0 Å². The second-order valence-electron chi connectivity index (χ2n) is 7.85. The monoisotopic (exact) mass is 435 g/mol. The van der Waals surface area contributed by atoms with E-state index >= 15 is 0 Å². The van der Waals surface area contributed by atoms with E-state index in [9.17, 15) is 9.59 Å². The number of rotatable bonds is 5. The molecule has 27 heavy (non-hydrogen) atoms. The Balaban J connectivity index is 1.57. The highest BCUT2D eigenvalue weighted by Gasteiger charge is 2.69. The molecule has 5 nitrogen and oxygen atoms in total. The van der Waals surface area contributed by atoms with Crippen LogP contribution in [-0.4, -0.2) is 35.2 Å². The Bertz CT molecular complexity index is 721. The van der Waals surface area contributed by atoms with Gasteiger partial charge in [0.25, 0.3) is 5.91 Å². The average Bonchev–Trinajstić information content (AvgIpc) is 3.00. The van der Waals surface area contributed by atoms with Gasteiger partial charge in [-0.2, -0.15) is 0 Å². The standard InChI is InChI=1S/C21H26BrNO4/c1-2-6-16-17(20(25)26-13-14-7-9-15(22)10-8-14)21-11-4-3-5-12-23(21)19(24)18(16)27-21/h7-10,16-18H,2-6,11-13H2,1H3/t16-,17+,18+,21-/m0/s1. The lowest BCUT2D eigenvalue weighted by Gasteiger charge is -2.41. The molecule has 1 aromatic rings. The minimum Gasteiger partial charge on any atom is -0.460 e.